The zero-order chi connectivity index (χ0) is 16.7. The summed E-state index contributed by atoms with van der Waals surface area (Å²) in [5.41, 5.74) is 5.54. The number of hydrogen-bond acceptors (Lipinski definition) is 2. The van der Waals surface area contributed by atoms with Gasteiger partial charge >= 0.3 is 0 Å². The van der Waals surface area contributed by atoms with Crippen molar-refractivity contribution in [1.29, 1.82) is 0 Å². The summed E-state index contributed by atoms with van der Waals surface area (Å²) in [6, 6.07) is 6.31. The number of amides is 1. The van der Waals surface area contributed by atoms with E-state index in [1.807, 2.05) is 0 Å². The van der Waals surface area contributed by atoms with Gasteiger partial charge in [0.05, 0.1) is 0 Å². The highest BCUT2D eigenvalue weighted by Gasteiger charge is 2.04. The van der Waals surface area contributed by atoms with Gasteiger partial charge in [-0.15, -0.1) is 11.6 Å². The molecule has 118 valence electrons. The fraction of sp³-hybridized carbons (Fsp3) is 0.0714. The number of nitrogens with one attached hydrogen (secondary N) is 1. The molecule has 0 heterocycles. The Morgan fingerprint density at radius 3 is 1.95 bits per heavy atom. The lowest BCUT2D eigenvalue weighted by atomic mass is 10.3. The number of carbonyl (C=O) groups is 1. The monoisotopic (exact) mass is 334 g/mol. The standard InChI is InChI=1S/C8H6ClF2NO.C6H5F2N/c9-4-8(13)12-5-1-2-6(10)7(11)3-5;7-5-2-1-4(9)3-6(5)8/h1-3H,4H2,(H,12,13);1-3H,9H2. The Morgan fingerprint density at radius 1 is 0.955 bits per heavy atom. The van der Waals surface area contributed by atoms with Crippen molar-refractivity contribution in [3.63, 3.8) is 0 Å². The van der Waals surface area contributed by atoms with Gasteiger partial charge in [0.2, 0.25) is 5.91 Å². The second-order valence-electron chi connectivity index (χ2n) is 3.98. The Kier molecular flexibility index (Phi) is 6.65. The van der Waals surface area contributed by atoms with Crippen LogP contribution in [0.2, 0.25) is 0 Å². The van der Waals surface area contributed by atoms with Crippen LogP contribution in [0.5, 0.6) is 0 Å². The van der Waals surface area contributed by atoms with Gasteiger partial charge in [0.25, 0.3) is 0 Å². The third-order valence-corrected chi connectivity index (χ3v) is 2.51. The third kappa shape index (κ3) is 5.61. The van der Waals surface area contributed by atoms with E-state index in [4.69, 9.17) is 17.3 Å². The van der Waals surface area contributed by atoms with Crippen LogP contribution in [-0.4, -0.2) is 11.8 Å². The molecule has 2 rings (SSSR count). The molecule has 8 heteroatoms. The van der Waals surface area contributed by atoms with Crippen LogP contribution in [0.3, 0.4) is 0 Å². The number of alkyl halides is 1. The van der Waals surface area contributed by atoms with Crippen molar-refractivity contribution in [1.82, 2.24) is 0 Å². The van der Waals surface area contributed by atoms with Crippen molar-refractivity contribution in [3.05, 3.63) is 59.7 Å². The SMILES string of the molecule is Nc1ccc(F)c(F)c1.O=C(CCl)Nc1ccc(F)c(F)c1. The van der Waals surface area contributed by atoms with E-state index in [-0.39, 0.29) is 17.3 Å². The Bertz CT molecular complexity index is 667. The van der Waals surface area contributed by atoms with Crippen molar-refractivity contribution in [3.8, 4) is 0 Å². The maximum atomic E-state index is 12.6. The number of carbonyl (C=O) groups excluding carboxylic acids is 1. The Morgan fingerprint density at radius 2 is 1.50 bits per heavy atom. The molecule has 0 unspecified atom stereocenters. The molecular weight excluding hydrogens is 324 g/mol. The van der Waals surface area contributed by atoms with Gasteiger partial charge in [-0.05, 0) is 30.3 Å². The molecule has 0 bridgehead atoms. The lowest BCUT2D eigenvalue weighted by Crippen LogP contribution is -2.12. The molecule has 0 aliphatic carbocycles. The average molecular weight is 335 g/mol. The molecule has 2 aromatic rings. The zero-order valence-corrected chi connectivity index (χ0v) is 11.8. The second kappa shape index (κ2) is 8.23. The number of nitrogen functional groups attached to an aromatic ring is 1. The Hall–Kier alpha value is -2.28. The Labute approximate surface area is 128 Å². The molecule has 0 saturated heterocycles. The summed E-state index contributed by atoms with van der Waals surface area (Å²) in [5, 5.41) is 2.28. The minimum atomic E-state index is -1.01. The van der Waals surface area contributed by atoms with Gasteiger partial charge in [0.15, 0.2) is 23.3 Å². The molecule has 22 heavy (non-hydrogen) atoms. The number of nitrogens with two attached hydrogens (primary N) is 1. The van der Waals surface area contributed by atoms with E-state index in [0.29, 0.717) is 0 Å². The number of rotatable bonds is 2. The van der Waals surface area contributed by atoms with Gasteiger partial charge in [-0.3, -0.25) is 4.79 Å². The summed E-state index contributed by atoms with van der Waals surface area (Å²) >= 11 is 5.19. The lowest BCUT2D eigenvalue weighted by Gasteiger charge is -2.02. The van der Waals surface area contributed by atoms with Crippen LogP contribution in [0.1, 0.15) is 0 Å². The fourth-order valence-electron chi connectivity index (χ4n) is 1.28. The number of benzene rings is 2. The van der Waals surface area contributed by atoms with E-state index in [1.165, 1.54) is 12.1 Å². The van der Waals surface area contributed by atoms with Crippen LogP contribution in [0.25, 0.3) is 0 Å². The first kappa shape index (κ1) is 17.8. The van der Waals surface area contributed by atoms with E-state index in [9.17, 15) is 22.4 Å². The van der Waals surface area contributed by atoms with Crippen molar-refractivity contribution in [2.75, 3.05) is 16.9 Å². The van der Waals surface area contributed by atoms with Gasteiger partial charge in [-0.25, -0.2) is 17.6 Å². The molecule has 0 aromatic heterocycles. The fourth-order valence-corrected chi connectivity index (χ4v) is 1.35. The van der Waals surface area contributed by atoms with Gasteiger partial charge in [0, 0.05) is 17.4 Å². The number of hydrogen-bond donors (Lipinski definition) is 2. The van der Waals surface area contributed by atoms with E-state index < -0.39 is 29.2 Å². The molecule has 3 nitrogen and oxygen atoms in total. The highest BCUT2D eigenvalue weighted by molar-refractivity contribution is 6.29. The molecular formula is C14H11ClF4N2O. The molecule has 1 amide bonds. The zero-order valence-electron chi connectivity index (χ0n) is 11.0. The van der Waals surface area contributed by atoms with Crippen molar-refractivity contribution >= 4 is 28.9 Å². The average Bonchev–Trinajstić information content (AvgIpc) is 2.48. The predicted octanol–water partition coefficient (Wildman–Crippen LogP) is 3.69. The largest absolute Gasteiger partial charge is 0.399 e. The number of halogens is 5. The molecule has 0 aliphatic heterocycles. The molecule has 0 spiro atoms. The summed E-state index contributed by atoms with van der Waals surface area (Å²) in [5.74, 6) is -4.43. The molecule has 0 atom stereocenters. The summed E-state index contributed by atoms with van der Waals surface area (Å²) in [6.45, 7) is 0. The first-order valence-corrected chi connectivity index (χ1v) is 6.38. The summed E-state index contributed by atoms with van der Waals surface area (Å²) < 4.78 is 49.2. The highest BCUT2D eigenvalue weighted by Crippen LogP contribution is 2.12. The van der Waals surface area contributed by atoms with E-state index >= 15 is 0 Å². The highest BCUT2D eigenvalue weighted by atomic mass is 35.5. The predicted molar refractivity (Wildman–Crippen MR) is 76.5 cm³/mol. The molecule has 0 aliphatic rings. The summed E-state index contributed by atoms with van der Waals surface area (Å²) in [6.07, 6.45) is 0. The van der Waals surface area contributed by atoms with E-state index in [0.717, 1.165) is 24.3 Å². The molecule has 0 radical (unpaired) electrons. The van der Waals surface area contributed by atoms with Gasteiger partial charge < -0.3 is 11.1 Å². The van der Waals surface area contributed by atoms with Crippen molar-refractivity contribution < 1.29 is 22.4 Å². The van der Waals surface area contributed by atoms with Crippen LogP contribution in [0, 0.1) is 23.3 Å². The quantitative estimate of drug-likeness (QED) is 0.500. The second-order valence-corrected chi connectivity index (χ2v) is 4.25. The van der Waals surface area contributed by atoms with E-state index in [2.05, 4.69) is 5.32 Å². The van der Waals surface area contributed by atoms with E-state index in [1.54, 1.807) is 0 Å². The maximum Gasteiger partial charge on any atom is 0.239 e. The Balaban J connectivity index is 0.000000235. The van der Waals surface area contributed by atoms with Gasteiger partial charge in [-0.1, -0.05) is 0 Å². The molecule has 0 fully saturated rings. The van der Waals surface area contributed by atoms with Gasteiger partial charge in [-0.2, -0.15) is 0 Å². The van der Waals surface area contributed by atoms with Crippen molar-refractivity contribution in [2.24, 2.45) is 0 Å². The summed E-state index contributed by atoms with van der Waals surface area (Å²) in [7, 11) is 0. The molecule has 0 saturated carbocycles. The van der Waals surface area contributed by atoms with Gasteiger partial charge in [0.1, 0.15) is 5.88 Å². The first-order valence-electron chi connectivity index (χ1n) is 5.85. The van der Waals surface area contributed by atoms with Crippen LogP contribution < -0.4 is 11.1 Å². The maximum absolute atomic E-state index is 12.6. The summed E-state index contributed by atoms with van der Waals surface area (Å²) in [4.78, 5) is 10.7. The first-order chi connectivity index (χ1) is 10.3. The topological polar surface area (TPSA) is 55.1 Å². The van der Waals surface area contributed by atoms with Crippen LogP contribution in [0.15, 0.2) is 36.4 Å². The molecule has 2 aromatic carbocycles. The van der Waals surface area contributed by atoms with Crippen molar-refractivity contribution in [2.45, 2.75) is 0 Å². The van der Waals surface area contributed by atoms with Crippen LogP contribution in [-0.2, 0) is 4.79 Å². The smallest absolute Gasteiger partial charge is 0.239 e. The normalized spacial score (nSPS) is 9.68. The lowest BCUT2D eigenvalue weighted by molar-refractivity contribution is -0.113. The minimum Gasteiger partial charge on any atom is -0.399 e. The molecule has 3 N–H and O–H groups in total. The number of anilines is 2. The third-order valence-electron chi connectivity index (χ3n) is 2.27. The van der Waals surface area contributed by atoms with Crippen LogP contribution in [0.4, 0.5) is 28.9 Å². The van der Waals surface area contributed by atoms with Crippen LogP contribution >= 0.6 is 11.6 Å². The minimum absolute atomic E-state index is 0.185.